The van der Waals surface area contributed by atoms with Crippen molar-refractivity contribution >= 4 is 38.8 Å². The van der Waals surface area contributed by atoms with E-state index in [1.54, 1.807) is 25.3 Å². The number of fused-ring (bicyclic) bond motifs is 1. The lowest BCUT2D eigenvalue weighted by Gasteiger charge is -2.09. The van der Waals surface area contributed by atoms with E-state index in [1.165, 1.54) is 25.6 Å². The van der Waals surface area contributed by atoms with Gasteiger partial charge >= 0.3 is 0 Å². The lowest BCUT2D eigenvalue weighted by Crippen LogP contribution is -2.20. The van der Waals surface area contributed by atoms with Crippen molar-refractivity contribution in [2.24, 2.45) is 5.10 Å². The van der Waals surface area contributed by atoms with E-state index in [1.807, 2.05) is 31.2 Å². The van der Waals surface area contributed by atoms with Crippen LogP contribution in [-0.4, -0.2) is 38.7 Å². The molecule has 2 aromatic carbocycles. The van der Waals surface area contributed by atoms with E-state index < -0.39 is 0 Å². The van der Waals surface area contributed by atoms with Crippen LogP contribution in [0.25, 0.3) is 10.1 Å². The molecule has 1 amide bonds. The summed E-state index contributed by atoms with van der Waals surface area (Å²) in [6.45, 7) is 1.81. The van der Waals surface area contributed by atoms with Gasteiger partial charge in [0.25, 0.3) is 0 Å². The molecule has 0 aliphatic heterocycles. The molecule has 0 radical (unpaired) electrons. The highest BCUT2D eigenvalue weighted by molar-refractivity contribution is 7.21. The number of amides is 1. The molecule has 0 saturated carbocycles. The number of benzene rings is 2. The molecule has 0 aliphatic carbocycles. The van der Waals surface area contributed by atoms with Crippen LogP contribution in [-0.2, 0) is 4.79 Å². The second-order valence-electron chi connectivity index (χ2n) is 6.69. The van der Waals surface area contributed by atoms with Gasteiger partial charge in [-0.3, -0.25) is 9.59 Å². The maximum Gasteiger partial charge on any atom is 0.240 e. The molecule has 0 saturated heterocycles. The Morgan fingerprint density at radius 1 is 0.968 bits per heavy atom. The van der Waals surface area contributed by atoms with Gasteiger partial charge in [-0.2, -0.15) is 5.10 Å². The quantitative estimate of drug-likeness (QED) is 0.302. The van der Waals surface area contributed by atoms with Crippen LogP contribution in [0.15, 0.2) is 47.6 Å². The van der Waals surface area contributed by atoms with Gasteiger partial charge < -0.3 is 14.2 Å². The molecule has 31 heavy (non-hydrogen) atoms. The largest absolute Gasteiger partial charge is 0.493 e. The zero-order chi connectivity index (χ0) is 22.4. The fourth-order valence-electron chi connectivity index (χ4n) is 3.15. The molecule has 0 fully saturated rings. The molecule has 1 N–H and O–H groups in total. The third-order valence-corrected chi connectivity index (χ3v) is 5.88. The smallest absolute Gasteiger partial charge is 0.240 e. The number of hydrazone groups is 1. The van der Waals surface area contributed by atoms with Gasteiger partial charge in [-0.15, -0.1) is 0 Å². The van der Waals surface area contributed by atoms with Crippen molar-refractivity contribution in [2.75, 3.05) is 21.3 Å². The van der Waals surface area contributed by atoms with Crippen molar-refractivity contribution in [1.29, 1.82) is 0 Å². The lowest BCUT2D eigenvalue weighted by atomic mass is 10.1. The Kier molecular flexibility index (Phi) is 7.25. The van der Waals surface area contributed by atoms with E-state index in [0.29, 0.717) is 22.8 Å². The number of nitrogens with one attached hydrogen (secondary N) is 1. The van der Waals surface area contributed by atoms with Gasteiger partial charge in [0, 0.05) is 28.5 Å². The van der Waals surface area contributed by atoms with Crippen molar-refractivity contribution in [3.8, 4) is 16.6 Å². The van der Waals surface area contributed by atoms with Gasteiger partial charge in [0.2, 0.25) is 5.91 Å². The molecule has 0 atom stereocenters. The first-order valence-corrected chi connectivity index (χ1v) is 10.4. The van der Waals surface area contributed by atoms with E-state index in [2.05, 4.69) is 10.5 Å². The Morgan fingerprint density at radius 2 is 1.71 bits per heavy atom. The minimum atomic E-state index is -0.341. The second-order valence-corrected chi connectivity index (χ2v) is 7.70. The first kappa shape index (κ1) is 22.3. The van der Waals surface area contributed by atoms with E-state index >= 15 is 0 Å². The summed E-state index contributed by atoms with van der Waals surface area (Å²) in [6.07, 6.45) is 0.0755. The van der Waals surface area contributed by atoms with Gasteiger partial charge in [-0.25, -0.2) is 5.43 Å². The standard InChI is InChI=1S/C23H24N2O5S/c1-14(22-16-7-5-6-8-20(16)31-23(22)30-4)24-25-21(27)12-10-17(26)15-9-11-18(28-2)19(13-15)29-3/h5-9,11,13H,10,12H2,1-4H3,(H,25,27)/b24-14-. The topological polar surface area (TPSA) is 86.2 Å². The normalized spacial score (nSPS) is 11.3. The summed E-state index contributed by atoms with van der Waals surface area (Å²) >= 11 is 1.52. The van der Waals surface area contributed by atoms with Crippen LogP contribution in [0.3, 0.4) is 0 Å². The highest BCUT2D eigenvalue weighted by Gasteiger charge is 2.16. The summed E-state index contributed by atoms with van der Waals surface area (Å²) in [5, 5.41) is 5.98. The third-order valence-electron chi connectivity index (χ3n) is 4.74. The summed E-state index contributed by atoms with van der Waals surface area (Å²) in [4.78, 5) is 24.7. The second kappa shape index (κ2) is 10.1. The SMILES string of the molecule is COc1ccc(C(=O)CCC(=O)N/N=C(/C)c2c(OC)sc3ccccc23)cc1OC. The maximum absolute atomic E-state index is 12.4. The molecular formula is C23H24N2O5S. The van der Waals surface area contributed by atoms with Crippen LogP contribution in [0.1, 0.15) is 35.7 Å². The van der Waals surface area contributed by atoms with E-state index in [9.17, 15) is 9.59 Å². The number of hydrogen-bond donors (Lipinski definition) is 1. The van der Waals surface area contributed by atoms with Crippen molar-refractivity contribution in [3.63, 3.8) is 0 Å². The zero-order valence-corrected chi connectivity index (χ0v) is 18.7. The van der Waals surface area contributed by atoms with Crippen LogP contribution in [0.5, 0.6) is 16.6 Å². The zero-order valence-electron chi connectivity index (χ0n) is 17.9. The number of Topliss-reactive ketones (excluding diaryl/α,β-unsaturated/α-hetero) is 1. The summed E-state index contributed by atoms with van der Waals surface area (Å²) in [6, 6.07) is 12.8. The van der Waals surface area contributed by atoms with Gasteiger partial charge in [-0.05, 0) is 31.2 Å². The first-order valence-electron chi connectivity index (χ1n) is 9.62. The van der Waals surface area contributed by atoms with E-state index in [0.717, 1.165) is 20.7 Å². The molecule has 3 rings (SSSR count). The molecule has 8 heteroatoms. The number of methoxy groups -OCH3 is 3. The molecule has 0 aliphatic rings. The van der Waals surface area contributed by atoms with Crippen molar-refractivity contribution in [3.05, 3.63) is 53.6 Å². The molecule has 3 aromatic rings. The fourth-order valence-corrected chi connectivity index (χ4v) is 4.22. The summed E-state index contributed by atoms with van der Waals surface area (Å²) in [5.41, 5.74) is 4.48. The van der Waals surface area contributed by atoms with Crippen molar-refractivity contribution in [2.45, 2.75) is 19.8 Å². The molecule has 0 unspecified atom stereocenters. The average molecular weight is 441 g/mol. The minimum Gasteiger partial charge on any atom is -0.493 e. The van der Waals surface area contributed by atoms with E-state index in [4.69, 9.17) is 14.2 Å². The Balaban J connectivity index is 1.64. The first-order chi connectivity index (χ1) is 15.0. The Morgan fingerprint density at radius 3 is 2.42 bits per heavy atom. The number of carbonyl (C=O) groups is 2. The van der Waals surface area contributed by atoms with Gasteiger partial charge in [0.15, 0.2) is 22.3 Å². The fraction of sp³-hybridized carbons (Fsp3) is 0.261. The Hall–Kier alpha value is -3.39. The van der Waals surface area contributed by atoms with E-state index in [-0.39, 0.29) is 24.5 Å². The minimum absolute atomic E-state index is 0.0193. The number of hydrogen-bond acceptors (Lipinski definition) is 7. The van der Waals surface area contributed by atoms with Gasteiger partial charge in [-0.1, -0.05) is 29.5 Å². The van der Waals surface area contributed by atoms with Crippen molar-refractivity contribution < 1.29 is 23.8 Å². The van der Waals surface area contributed by atoms with Crippen LogP contribution in [0.2, 0.25) is 0 Å². The predicted octanol–water partition coefficient (Wildman–Crippen LogP) is 4.43. The molecule has 7 nitrogen and oxygen atoms in total. The molecule has 1 aromatic heterocycles. The van der Waals surface area contributed by atoms with Crippen LogP contribution < -0.4 is 19.6 Å². The lowest BCUT2D eigenvalue weighted by molar-refractivity contribution is -0.121. The number of thiophene rings is 1. The maximum atomic E-state index is 12.4. The van der Waals surface area contributed by atoms with Crippen molar-refractivity contribution in [1.82, 2.24) is 5.43 Å². The Labute approximate surface area is 184 Å². The molecule has 162 valence electrons. The monoisotopic (exact) mass is 440 g/mol. The van der Waals surface area contributed by atoms with Gasteiger partial charge in [0.05, 0.1) is 32.6 Å². The summed E-state index contributed by atoms with van der Waals surface area (Å²) in [7, 11) is 4.64. The highest BCUT2D eigenvalue weighted by atomic mass is 32.1. The summed E-state index contributed by atoms with van der Waals surface area (Å²) in [5.74, 6) is 0.502. The molecule has 0 bridgehead atoms. The number of ketones is 1. The van der Waals surface area contributed by atoms with Crippen LogP contribution in [0, 0.1) is 0 Å². The van der Waals surface area contributed by atoms with Gasteiger partial charge in [0.1, 0.15) is 0 Å². The number of rotatable bonds is 9. The number of ether oxygens (including phenoxy) is 3. The van der Waals surface area contributed by atoms with Crippen LogP contribution >= 0.6 is 11.3 Å². The third kappa shape index (κ3) is 5.03. The average Bonchev–Trinajstić information content (AvgIpc) is 3.19. The highest BCUT2D eigenvalue weighted by Crippen LogP contribution is 2.37. The molecular weight excluding hydrogens is 416 g/mol. The molecule has 1 heterocycles. The predicted molar refractivity (Wildman–Crippen MR) is 122 cm³/mol. The van der Waals surface area contributed by atoms with Crippen LogP contribution in [0.4, 0.5) is 0 Å². The Bertz CT molecular complexity index is 1140. The molecule has 0 spiro atoms. The number of carbonyl (C=O) groups excluding carboxylic acids is 2. The summed E-state index contributed by atoms with van der Waals surface area (Å²) < 4.78 is 17.0. The number of nitrogens with zero attached hydrogens (tertiary/aromatic N) is 1.